The molecule has 1 heterocycles. The summed E-state index contributed by atoms with van der Waals surface area (Å²) in [4.78, 5) is 28.8. The third kappa shape index (κ3) is 6.40. The molecule has 0 saturated carbocycles. The van der Waals surface area contributed by atoms with E-state index < -0.39 is 0 Å². The summed E-state index contributed by atoms with van der Waals surface area (Å²) in [6.07, 6.45) is 0.309. The van der Waals surface area contributed by atoms with Gasteiger partial charge in [0.2, 0.25) is 5.91 Å². The van der Waals surface area contributed by atoms with E-state index in [-0.39, 0.29) is 11.9 Å². The molecule has 0 radical (unpaired) electrons. The first-order valence-corrected chi connectivity index (χ1v) is 10.9. The van der Waals surface area contributed by atoms with Crippen LogP contribution in [0.3, 0.4) is 0 Å². The molecule has 1 fully saturated rings. The number of carbonyl (C=O) groups is 2. The number of hydrogen-bond acceptors (Lipinski definition) is 5. The fraction of sp³-hybridized carbons (Fsp3) is 0.364. The number of nitrogens with two attached hydrogens (primary N) is 1. The standard InChI is InChI=1S/C22H28N4O3S/c1-29-18-8-6-17(7-9-18)16-25-11-13-26(14-12-25)22(28)24-19-4-2-3-5-20(19)30-15-10-21(23)27/h2-9H,10-16H2,1H3,(H2,23,27)(H,24,28). The van der Waals surface area contributed by atoms with Crippen LogP contribution in [0.25, 0.3) is 0 Å². The van der Waals surface area contributed by atoms with Crippen LogP contribution in [0.2, 0.25) is 0 Å². The van der Waals surface area contributed by atoms with Gasteiger partial charge in [-0.25, -0.2) is 4.79 Å². The molecule has 0 bridgehead atoms. The number of para-hydroxylation sites is 1. The van der Waals surface area contributed by atoms with E-state index in [2.05, 4.69) is 22.3 Å². The minimum Gasteiger partial charge on any atom is -0.497 e. The van der Waals surface area contributed by atoms with Gasteiger partial charge in [0.25, 0.3) is 0 Å². The Hall–Kier alpha value is -2.71. The quantitative estimate of drug-likeness (QED) is 0.631. The maximum Gasteiger partial charge on any atom is 0.321 e. The fourth-order valence-corrected chi connectivity index (χ4v) is 4.22. The van der Waals surface area contributed by atoms with Gasteiger partial charge in [0, 0.05) is 49.8 Å². The van der Waals surface area contributed by atoms with Crippen molar-refractivity contribution < 1.29 is 14.3 Å². The Labute approximate surface area is 181 Å². The molecule has 1 aliphatic heterocycles. The van der Waals surface area contributed by atoms with Crippen LogP contribution >= 0.6 is 11.8 Å². The normalized spacial score (nSPS) is 14.4. The van der Waals surface area contributed by atoms with Crippen molar-refractivity contribution >= 4 is 29.4 Å². The fourth-order valence-electron chi connectivity index (χ4n) is 3.25. The van der Waals surface area contributed by atoms with Gasteiger partial charge < -0.3 is 20.7 Å². The summed E-state index contributed by atoms with van der Waals surface area (Å²) >= 11 is 1.52. The topological polar surface area (TPSA) is 87.9 Å². The summed E-state index contributed by atoms with van der Waals surface area (Å²) in [6, 6.07) is 15.6. The van der Waals surface area contributed by atoms with Crippen LogP contribution in [0.1, 0.15) is 12.0 Å². The maximum absolute atomic E-state index is 12.7. The van der Waals surface area contributed by atoms with Gasteiger partial charge >= 0.3 is 6.03 Å². The number of benzene rings is 2. The summed E-state index contributed by atoms with van der Waals surface area (Å²) in [7, 11) is 1.66. The molecule has 8 heteroatoms. The number of urea groups is 1. The van der Waals surface area contributed by atoms with Crippen LogP contribution in [0, 0.1) is 0 Å². The highest BCUT2D eigenvalue weighted by Crippen LogP contribution is 2.27. The number of hydrogen-bond donors (Lipinski definition) is 2. The second kappa shape index (κ2) is 10.9. The first-order valence-electron chi connectivity index (χ1n) is 9.96. The minimum atomic E-state index is -0.323. The van der Waals surface area contributed by atoms with Crippen molar-refractivity contribution in [1.29, 1.82) is 0 Å². The number of primary amides is 1. The van der Waals surface area contributed by atoms with Crippen molar-refractivity contribution in [2.24, 2.45) is 5.73 Å². The van der Waals surface area contributed by atoms with Crippen molar-refractivity contribution in [1.82, 2.24) is 9.80 Å². The number of nitrogens with one attached hydrogen (secondary N) is 1. The second-order valence-corrected chi connectivity index (χ2v) is 8.24. The zero-order valence-corrected chi connectivity index (χ0v) is 18.0. The number of thioether (sulfide) groups is 1. The molecule has 160 valence electrons. The number of amides is 3. The summed E-state index contributed by atoms with van der Waals surface area (Å²) in [5.41, 5.74) is 7.20. The third-order valence-electron chi connectivity index (χ3n) is 4.96. The molecule has 0 spiro atoms. The number of anilines is 1. The van der Waals surface area contributed by atoms with Crippen molar-refractivity contribution in [3.8, 4) is 5.75 Å². The van der Waals surface area contributed by atoms with Crippen LogP contribution < -0.4 is 15.8 Å². The molecule has 7 nitrogen and oxygen atoms in total. The Morgan fingerprint density at radius 3 is 2.43 bits per heavy atom. The van der Waals surface area contributed by atoms with Gasteiger partial charge in [-0.15, -0.1) is 11.8 Å². The van der Waals surface area contributed by atoms with Gasteiger partial charge in [0.15, 0.2) is 0 Å². The molecule has 3 rings (SSSR count). The van der Waals surface area contributed by atoms with Crippen LogP contribution in [0.5, 0.6) is 5.75 Å². The number of carbonyl (C=O) groups excluding carboxylic acids is 2. The molecular weight excluding hydrogens is 400 g/mol. The summed E-state index contributed by atoms with van der Waals surface area (Å²) in [6.45, 7) is 3.87. The lowest BCUT2D eigenvalue weighted by molar-refractivity contribution is -0.117. The Balaban J connectivity index is 1.49. The molecule has 3 amide bonds. The lowest BCUT2D eigenvalue weighted by Crippen LogP contribution is -2.49. The van der Waals surface area contributed by atoms with Gasteiger partial charge in [-0.1, -0.05) is 24.3 Å². The molecule has 0 atom stereocenters. The van der Waals surface area contributed by atoms with Crippen LogP contribution in [-0.4, -0.2) is 60.8 Å². The molecule has 30 heavy (non-hydrogen) atoms. The maximum atomic E-state index is 12.7. The van der Waals surface area contributed by atoms with E-state index in [1.165, 1.54) is 17.3 Å². The second-order valence-electron chi connectivity index (χ2n) is 7.10. The van der Waals surface area contributed by atoms with Gasteiger partial charge in [0.1, 0.15) is 5.75 Å². The predicted molar refractivity (Wildman–Crippen MR) is 120 cm³/mol. The number of rotatable bonds is 8. The van der Waals surface area contributed by atoms with Crippen molar-refractivity contribution in [3.63, 3.8) is 0 Å². The Morgan fingerprint density at radius 2 is 1.77 bits per heavy atom. The van der Waals surface area contributed by atoms with Gasteiger partial charge in [0.05, 0.1) is 12.8 Å². The highest BCUT2D eigenvalue weighted by molar-refractivity contribution is 7.99. The van der Waals surface area contributed by atoms with E-state index in [1.807, 2.05) is 41.3 Å². The summed E-state index contributed by atoms with van der Waals surface area (Å²) < 4.78 is 5.20. The van der Waals surface area contributed by atoms with Crippen molar-refractivity contribution in [2.75, 3.05) is 44.4 Å². The summed E-state index contributed by atoms with van der Waals surface area (Å²) in [5.74, 6) is 1.12. The van der Waals surface area contributed by atoms with E-state index >= 15 is 0 Å². The van der Waals surface area contributed by atoms with E-state index in [9.17, 15) is 9.59 Å². The van der Waals surface area contributed by atoms with Crippen LogP contribution in [0.15, 0.2) is 53.4 Å². The SMILES string of the molecule is COc1ccc(CN2CCN(C(=O)Nc3ccccc3SCCC(N)=O)CC2)cc1. The lowest BCUT2D eigenvalue weighted by Gasteiger charge is -2.34. The first kappa shape index (κ1) is 22.0. The highest BCUT2D eigenvalue weighted by atomic mass is 32.2. The zero-order chi connectivity index (χ0) is 21.3. The number of nitrogens with zero attached hydrogens (tertiary/aromatic N) is 2. The van der Waals surface area contributed by atoms with Gasteiger partial charge in [-0.3, -0.25) is 9.69 Å². The largest absolute Gasteiger partial charge is 0.497 e. The van der Waals surface area contributed by atoms with Crippen LogP contribution in [-0.2, 0) is 11.3 Å². The average molecular weight is 429 g/mol. The van der Waals surface area contributed by atoms with E-state index in [4.69, 9.17) is 10.5 Å². The first-order chi connectivity index (χ1) is 14.5. The van der Waals surface area contributed by atoms with E-state index in [0.717, 1.165) is 36.0 Å². The third-order valence-corrected chi connectivity index (χ3v) is 6.03. The monoisotopic (exact) mass is 428 g/mol. The number of methoxy groups -OCH3 is 1. The molecule has 3 N–H and O–H groups in total. The van der Waals surface area contributed by atoms with Crippen molar-refractivity contribution in [3.05, 3.63) is 54.1 Å². The Morgan fingerprint density at radius 1 is 1.07 bits per heavy atom. The summed E-state index contributed by atoms with van der Waals surface area (Å²) in [5, 5.41) is 3.01. The van der Waals surface area contributed by atoms with E-state index in [0.29, 0.717) is 25.3 Å². The molecular formula is C22H28N4O3S. The molecule has 1 saturated heterocycles. The molecule has 2 aromatic carbocycles. The highest BCUT2D eigenvalue weighted by Gasteiger charge is 2.21. The van der Waals surface area contributed by atoms with Crippen LogP contribution in [0.4, 0.5) is 10.5 Å². The molecule has 0 aliphatic carbocycles. The van der Waals surface area contributed by atoms with Gasteiger partial charge in [-0.05, 0) is 29.8 Å². The van der Waals surface area contributed by atoms with Gasteiger partial charge in [-0.2, -0.15) is 0 Å². The molecule has 1 aliphatic rings. The molecule has 0 aromatic heterocycles. The number of piperazine rings is 1. The Kier molecular flexibility index (Phi) is 7.98. The zero-order valence-electron chi connectivity index (χ0n) is 17.2. The Bertz CT molecular complexity index is 852. The molecule has 2 aromatic rings. The lowest BCUT2D eigenvalue weighted by atomic mass is 10.2. The molecule has 0 unspecified atom stereocenters. The number of ether oxygens (including phenoxy) is 1. The smallest absolute Gasteiger partial charge is 0.321 e. The predicted octanol–water partition coefficient (Wildman–Crippen LogP) is 3.01. The van der Waals surface area contributed by atoms with E-state index in [1.54, 1.807) is 7.11 Å². The average Bonchev–Trinajstić information content (AvgIpc) is 2.76. The van der Waals surface area contributed by atoms with Crippen molar-refractivity contribution in [2.45, 2.75) is 17.9 Å². The minimum absolute atomic E-state index is 0.0953.